The molecule has 0 aliphatic heterocycles. The van der Waals surface area contributed by atoms with Gasteiger partial charge < -0.3 is 15.3 Å². The van der Waals surface area contributed by atoms with Gasteiger partial charge in [-0.1, -0.05) is 38.9 Å². The molecule has 12 N–H and O–H groups in total. The lowest BCUT2D eigenvalue weighted by atomic mass is 10.0. The van der Waals surface area contributed by atoms with Gasteiger partial charge in [0.15, 0.2) is 11.5 Å². The van der Waals surface area contributed by atoms with Crippen molar-refractivity contribution in [1.82, 2.24) is 0 Å². The fourth-order valence-electron chi connectivity index (χ4n) is 7.45. The second kappa shape index (κ2) is 33.2. The number of hydrogen-bond donors (Lipinski definition) is 11. The Hall–Kier alpha value is -7.98. The Bertz CT molecular complexity index is 4730. The summed E-state index contributed by atoms with van der Waals surface area (Å²) in [5.41, 5.74) is 1.06. The van der Waals surface area contributed by atoms with Crippen LogP contribution in [0.5, 0.6) is 17.2 Å². The molecule has 0 spiro atoms. The Morgan fingerprint density at radius 2 is 1.01 bits per heavy atom. The van der Waals surface area contributed by atoms with Crippen LogP contribution in [0.2, 0.25) is 0 Å². The molecule has 45 heteroatoms. The van der Waals surface area contributed by atoms with Crippen molar-refractivity contribution in [2.45, 2.75) is 45.2 Å². The zero-order valence-electron chi connectivity index (χ0n) is 47.6. The van der Waals surface area contributed by atoms with Crippen LogP contribution in [0.25, 0.3) is 32.3 Å². The first-order valence-corrected chi connectivity index (χ1v) is 34.8. The first-order chi connectivity index (χ1) is 43.0. The Morgan fingerprint density at radius 3 is 1.52 bits per heavy atom. The van der Waals surface area contributed by atoms with Crippen LogP contribution in [0.4, 0.5) is 39.8 Å². The Morgan fingerprint density at radius 1 is 0.516 bits per heavy atom. The number of nitrogens with two attached hydrogens (primary N) is 1. The second-order valence-electron chi connectivity index (χ2n) is 18.2. The van der Waals surface area contributed by atoms with E-state index in [4.69, 9.17) is 24.9 Å². The summed E-state index contributed by atoms with van der Waals surface area (Å²) in [5, 5.41) is 113. The normalized spacial score (nSPS) is 11.9. The van der Waals surface area contributed by atoms with Crippen LogP contribution >= 0.6 is 36.1 Å². The van der Waals surface area contributed by atoms with Gasteiger partial charge in [0.2, 0.25) is 20.0 Å². The lowest BCUT2D eigenvalue weighted by molar-refractivity contribution is -0.432. The number of anilines is 1. The quantitative estimate of drug-likeness (QED) is 0.00894. The Kier molecular flexibility index (Phi) is 27.7. The van der Waals surface area contributed by atoms with Gasteiger partial charge in [-0.3, -0.25) is 38.6 Å². The molecule has 0 radical (unpaired) electrons. The number of aryl methyl sites for hydroxylation is 3. The number of sulfonamides is 2. The van der Waals surface area contributed by atoms with E-state index < -0.39 is 76.6 Å². The summed E-state index contributed by atoms with van der Waals surface area (Å²) in [6.07, 6.45) is 2.64. The van der Waals surface area contributed by atoms with E-state index in [2.05, 4.69) is 58.4 Å². The summed E-state index contributed by atoms with van der Waals surface area (Å²) in [6, 6.07) is 24.7. The summed E-state index contributed by atoms with van der Waals surface area (Å²) in [4.78, 5) is 21.0. The summed E-state index contributed by atoms with van der Waals surface area (Å²) >= 11 is 1.64. The van der Waals surface area contributed by atoms with Crippen molar-refractivity contribution >= 4 is 159 Å². The van der Waals surface area contributed by atoms with Gasteiger partial charge in [0.25, 0.3) is 41.7 Å². The molecule has 0 saturated carbocycles. The minimum Gasteiger partial charge on any atom is -0.506 e. The van der Waals surface area contributed by atoms with E-state index in [1.165, 1.54) is 50.2 Å². The number of hydrogen-bond acceptors (Lipinski definition) is 33. The fourth-order valence-corrected chi connectivity index (χ4v) is 10.8. The van der Waals surface area contributed by atoms with Crippen LogP contribution < -0.4 is 9.86 Å². The lowest BCUT2D eigenvalue weighted by Crippen LogP contribution is -2.10. The molecule has 0 saturated heterocycles. The number of nitro groups is 2. The highest BCUT2D eigenvalue weighted by atomic mass is 32.2. The molecule has 8 aromatic rings. The summed E-state index contributed by atoms with van der Waals surface area (Å²) in [7, 11) is -19.0. The predicted octanol–water partition coefficient (Wildman–Crippen LogP) is 10.8. The molecule has 0 unspecified atom stereocenters. The minimum atomic E-state index is -4.54. The molecule has 0 aliphatic rings. The number of primary sulfonamides is 1. The molecule has 0 aromatic heterocycles. The number of non-ortho nitro benzene ring substituents is 2. The standard InChI is InChI=1S/C21H15N3O9S2.C17H13N3O10S2.C8H11NO5S2.CH5NO2S.CH4O3S/c1-11-2-4-14-12(8-11)9-19(35-33-31-29)20(21(14)25)23-22-17-6-7-18(34-32-30-28)16-10-13(24(26)27)3-5-15(16)17;1-8-4-11(32(26,27)28)5-9-6-14(31-30-29-25)16(17(22)15(8)9)19-18-12-7-10(20(23)24)2-3-13(12)21;1-6-5-7(9-15(2,10)11)3-4-8(6)16(12,13)14;2*1-5(2,3)4/h2-10,25,28-29H,1H3;2-7,21-22,25H,1H3,(H,26,27,28);3-5,9H,1-2H3,(H,12,13,14);1H3,(H2,2,3,4);1H3,(H,2,3,4). The third kappa shape index (κ3) is 24.5. The number of fused-ring (bicyclic) bond motifs is 3. The molecule has 0 heterocycles. The van der Waals surface area contributed by atoms with E-state index in [9.17, 15) is 82.2 Å². The number of nitrogens with one attached hydrogen (secondary N) is 1. The number of nitro benzene ring substituents is 2. The number of rotatable bonds is 19. The van der Waals surface area contributed by atoms with Gasteiger partial charge in [0.1, 0.15) is 22.8 Å². The van der Waals surface area contributed by atoms with Gasteiger partial charge >= 0.3 is 0 Å². The average Bonchev–Trinajstić information content (AvgIpc) is 0.782. The molecular weight excluding hydrogens is 1410 g/mol. The van der Waals surface area contributed by atoms with Crippen LogP contribution in [-0.2, 0) is 78.5 Å². The first-order valence-electron chi connectivity index (χ1n) is 24.0. The minimum absolute atomic E-state index is 0.0235. The maximum Gasteiger partial charge on any atom is 0.294 e. The highest BCUT2D eigenvalue weighted by molar-refractivity contribution is 7.95. The molecule has 37 nitrogen and oxygen atoms in total. The van der Waals surface area contributed by atoms with Crippen LogP contribution in [0.1, 0.15) is 16.7 Å². The molecule has 502 valence electrons. The maximum atomic E-state index is 11.5. The SMILES string of the molecule is CS(=O)(=O)O.CS(N)(=O)=O.Cc1cc(NS(C)(=O)=O)ccc1S(=O)(=O)O.Cc1cc(S(=O)(=O)O)cc2cc(SOOO)c(N=Nc3cc([N+](=O)[O-])ccc3O)c(O)c12.Cc1ccc2c(O)c(N=Nc3ccc(SOOO)c4cc([N+](=O)[O-])ccc34)c(SOOO)cc2c1. The monoisotopic (exact) mass is 1460 g/mol. The molecule has 0 aliphatic carbocycles. The third-order valence-electron chi connectivity index (χ3n) is 10.9. The van der Waals surface area contributed by atoms with Crippen molar-refractivity contribution in [3.05, 3.63) is 146 Å². The van der Waals surface area contributed by atoms with Crippen LogP contribution in [0.3, 0.4) is 0 Å². The topological polar surface area (TPSA) is 582 Å². The lowest BCUT2D eigenvalue weighted by Gasteiger charge is -2.12. The third-order valence-corrected chi connectivity index (χ3v) is 15.2. The first kappa shape index (κ1) is 77.5. The van der Waals surface area contributed by atoms with Crippen molar-refractivity contribution in [2.75, 3.05) is 23.5 Å². The van der Waals surface area contributed by atoms with E-state index in [1.807, 2.05) is 19.1 Å². The van der Waals surface area contributed by atoms with Crippen molar-refractivity contribution < 1.29 is 125 Å². The van der Waals surface area contributed by atoms with E-state index in [0.29, 0.717) is 79.4 Å². The molecule has 0 amide bonds. The predicted molar refractivity (Wildman–Crippen MR) is 332 cm³/mol. The number of phenols is 3. The van der Waals surface area contributed by atoms with Gasteiger partial charge in [-0.15, -0.1) is 33.5 Å². The van der Waals surface area contributed by atoms with Gasteiger partial charge in [0.05, 0.1) is 90.0 Å². The largest absolute Gasteiger partial charge is 0.506 e. The van der Waals surface area contributed by atoms with Crippen LogP contribution in [-0.4, -0.2) is 115 Å². The van der Waals surface area contributed by atoms with Gasteiger partial charge in [-0.05, 0) is 109 Å². The van der Waals surface area contributed by atoms with Crippen LogP contribution in [0.15, 0.2) is 154 Å². The van der Waals surface area contributed by atoms with E-state index >= 15 is 0 Å². The number of phenolic OH excluding ortho intramolecular Hbond substituents is 3. The van der Waals surface area contributed by atoms with Gasteiger partial charge in [-0.25, -0.2) is 37.7 Å². The second-order valence-corrected chi connectivity index (χ2v) is 28.1. The van der Waals surface area contributed by atoms with Crippen molar-refractivity contribution in [1.29, 1.82) is 0 Å². The molecule has 0 atom stereocenters. The number of nitrogens with zero attached hydrogens (tertiary/aromatic N) is 6. The zero-order valence-corrected chi connectivity index (χ0v) is 54.1. The summed E-state index contributed by atoms with van der Waals surface area (Å²) < 4.78 is 145. The van der Waals surface area contributed by atoms with E-state index in [0.717, 1.165) is 54.5 Å². The average molecular weight is 1460 g/mol. The number of benzene rings is 8. The molecule has 8 rings (SSSR count). The highest BCUT2D eigenvalue weighted by Crippen LogP contribution is 2.48. The maximum absolute atomic E-state index is 11.5. The zero-order chi connectivity index (χ0) is 70.1. The number of aromatic hydroxyl groups is 3. The van der Waals surface area contributed by atoms with E-state index in [-0.39, 0.29) is 71.6 Å². The Balaban J connectivity index is 0.000000290. The number of azo groups is 2. The smallest absolute Gasteiger partial charge is 0.294 e. The van der Waals surface area contributed by atoms with Gasteiger partial charge in [0, 0.05) is 56.4 Å². The summed E-state index contributed by atoms with van der Waals surface area (Å²) in [6.45, 7) is 4.83. The van der Waals surface area contributed by atoms with Crippen molar-refractivity contribution in [3.63, 3.8) is 0 Å². The van der Waals surface area contributed by atoms with E-state index in [1.54, 1.807) is 24.3 Å². The van der Waals surface area contributed by atoms with Gasteiger partial charge in [-0.2, -0.15) is 25.3 Å². The fraction of sp³-hybridized carbons (Fsp3) is 0.125. The molecule has 0 bridgehead atoms. The molecular formula is C48H48N8O29S8. The Labute approximate surface area is 537 Å². The van der Waals surface area contributed by atoms with Crippen LogP contribution in [0, 0.1) is 41.0 Å². The van der Waals surface area contributed by atoms with Crippen molar-refractivity contribution in [3.8, 4) is 17.2 Å². The highest BCUT2D eigenvalue weighted by Gasteiger charge is 2.22. The summed E-state index contributed by atoms with van der Waals surface area (Å²) in [5.74, 6) is -1.08. The molecule has 8 aromatic carbocycles. The van der Waals surface area contributed by atoms with Crippen molar-refractivity contribution in [2.24, 2.45) is 25.6 Å². The molecule has 93 heavy (non-hydrogen) atoms. The molecule has 0 fully saturated rings.